The molecule has 33 heavy (non-hydrogen) atoms. The third-order valence-electron chi connectivity index (χ3n) is 5.99. The Morgan fingerprint density at radius 2 is 1.73 bits per heavy atom. The number of hydrogen-bond donors (Lipinski definition) is 1. The Bertz CT molecular complexity index is 1120. The van der Waals surface area contributed by atoms with E-state index in [-0.39, 0.29) is 11.8 Å². The molecule has 0 aliphatic carbocycles. The first-order valence-electron chi connectivity index (χ1n) is 11.2. The number of rotatable bonds is 6. The predicted molar refractivity (Wildman–Crippen MR) is 124 cm³/mol. The van der Waals surface area contributed by atoms with Crippen molar-refractivity contribution in [3.05, 3.63) is 54.6 Å². The average Bonchev–Trinajstić information content (AvgIpc) is 3.49. The Morgan fingerprint density at radius 1 is 0.939 bits per heavy atom. The highest BCUT2D eigenvalue weighted by Gasteiger charge is 2.24. The van der Waals surface area contributed by atoms with E-state index in [2.05, 4.69) is 30.6 Å². The van der Waals surface area contributed by atoms with Gasteiger partial charge in [0, 0.05) is 50.5 Å². The van der Waals surface area contributed by atoms with Crippen molar-refractivity contribution in [2.45, 2.75) is 12.8 Å². The summed E-state index contributed by atoms with van der Waals surface area (Å²) in [6.07, 6.45) is 1.46. The highest BCUT2D eigenvalue weighted by molar-refractivity contribution is 5.97. The Kier molecular flexibility index (Phi) is 5.99. The predicted octanol–water partition coefficient (Wildman–Crippen LogP) is 1.55. The van der Waals surface area contributed by atoms with Crippen molar-refractivity contribution in [1.82, 2.24) is 25.1 Å². The van der Waals surface area contributed by atoms with Gasteiger partial charge in [0.15, 0.2) is 0 Å². The molecule has 0 bridgehead atoms. The van der Waals surface area contributed by atoms with Crippen LogP contribution >= 0.6 is 0 Å². The molecule has 2 fully saturated rings. The lowest BCUT2D eigenvalue weighted by molar-refractivity contribution is -0.118. The van der Waals surface area contributed by atoms with Gasteiger partial charge in [-0.2, -0.15) is 4.68 Å². The van der Waals surface area contributed by atoms with E-state index >= 15 is 0 Å². The second kappa shape index (κ2) is 9.37. The van der Waals surface area contributed by atoms with Gasteiger partial charge < -0.3 is 15.1 Å². The summed E-state index contributed by atoms with van der Waals surface area (Å²) in [7, 11) is 0. The summed E-state index contributed by atoms with van der Waals surface area (Å²) in [5, 5.41) is 15.2. The second-order valence-corrected chi connectivity index (χ2v) is 8.24. The van der Waals surface area contributed by atoms with Crippen molar-refractivity contribution in [2.24, 2.45) is 0 Å². The molecule has 1 N–H and O–H groups in total. The van der Waals surface area contributed by atoms with Crippen molar-refractivity contribution >= 4 is 29.1 Å². The molecular formula is C23H26N8O2. The summed E-state index contributed by atoms with van der Waals surface area (Å²) in [6, 6.07) is 17.3. The molecule has 0 radical (unpaired) electrons. The van der Waals surface area contributed by atoms with E-state index in [1.807, 2.05) is 54.6 Å². The van der Waals surface area contributed by atoms with Gasteiger partial charge in [-0.1, -0.05) is 29.4 Å². The third-order valence-corrected chi connectivity index (χ3v) is 5.99. The SMILES string of the molecule is O=C(CN1CCN(c2nnnn2-c2ccccc2)CC1)Nc1cccc(N2CCCC2=O)c1. The summed E-state index contributed by atoms with van der Waals surface area (Å²) < 4.78 is 1.74. The van der Waals surface area contributed by atoms with Crippen LogP contribution in [0.4, 0.5) is 17.3 Å². The molecule has 1 aromatic heterocycles. The molecule has 2 aliphatic heterocycles. The molecule has 0 unspecified atom stereocenters. The van der Waals surface area contributed by atoms with Gasteiger partial charge >= 0.3 is 0 Å². The number of nitrogens with one attached hydrogen (secondary N) is 1. The van der Waals surface area contributed by atoms with E-state index in [0.29, 0.717) is 24.6 Å². The second-order valence-electron chi connectivity index (χ2n) is 8.24. The lowest BCUT2D eigenvalue weighted by Gasteiger charge is -2.34. The monoisotopic (exact) mass is 446 g/mol. The Hall–Kier alpha value is -3.79. The normalized spacial score (nSPS) is 16.9. The van der Waals surface area contributed by atoms with E-state index < -0.39 is 0 Å². The zero-order valence-electron chi connectivity index (χ0n) is 18.3. The van der Waals surface area contributed by atoms with Crippen LogP contribution in [0.1, 0.15) is 12.8 Å². The van der Waals surface area contributed by atoms with Crippen LogP contribution in [0.5, 0.6) is 0 Å². The summed E-state index contributed by atoms with van der Waals surface area (Å²) in [5.74, 6) is 0.774. The van der Waals surface area contributed by atoms with E-state index in [1.165, 1.54) is 0 Å². The van der Waals surface area contributed by atoms with Crippen LogP contribution in [0.3, 0.4) is 0 Å². The van der Waals surface area contributed by atoms with Gasteiger partial charge in [0.2, 0.25) is 17.8 Å². The number of benzene rings is 2. The molecule has 2 aromatic carbocycles. The summed E-state index contributed by atoms with van der Waals surface area (Å²) in [4.78, 5) is 30.7. The number of amides is 2. The molecule has 170 valence electrons. The Balaban J connectivity index is 1.15. The maximum atomic E-state index is 12.6. The molecule has 3 aromatic rings. The largest absolute Gasteiger partial charge is 0.337 e. The zero-order chi connectivity index (χ0) is 22.6. The average molecular weight is 447 g/mol. The molecule has 10 heteroatoms. The van der Waals surface area contributed by atoms with Crippen molar-refractivity contribution in [2.75, 3.05) is 54.4 Å². The van der Waals surface area contributed by atoms with Crippen LogP contribution in [0.15, 0.2) is 54.6 Å². The smallest absolute Gasteiger partial charge is 0.250 e. The maximum absolute atomic E-state index is 12.6. The molecule has 5 rings (SSSR count). The van der Waals surface area contributed by atoms with E-state index in [4.69, 9.17) is 0 Å². The van der Waals surface area contributed by atoms with Crippen molar-refractivity contribution in [3.63, 3.8) is 0 Å². The van der Waals surface area contributed by atoms with Crippen LogP contribution < -0.4 is 15.1 Å². The zero-order valence-corrected chi connectivity index (χ0v) is 18.3. The van der Waals surface area contributed by atoms with Crippen molar-refractivity contribution in [1.29, 1.82) is 0 Å². The number of tetrazole rings is 1. The van der Waals surface area contributed by atoms with Gasteiger partial charge in [-0.25, -0.2) is 0 Å². The standard InChI is InChI=1S/C23H26N8O2/c32-21(24-18-6-4-9-20(16-18)30-11-5-10-22(30)33)17-28-12-14-29(15-13-28)23-25-26-27-31(23)19-7-2-1-3-8-19/h1-4,6-9,16H,5,10-15,17H2,(H,24,32). The van der Waals surface area contributed by atoms with Gasteiger partial charge in [0.05, 0.1) is 12.2 Å². The van der Waals surface area contributed by atoms with Crippen LogP contribution in [0, 0.1) is 0 Å². The quantitative estimate of drug-likeness (QED) is 0.613. The Labute approximate surface area is 191 Å². The van der Waals surface area contributed by atoms with Crippen LogP contribution in [0.2, 0.25) is 0 Å². The maximum Gasteiger partial charge on any atom is 0.250 e. The lowest BCUT2D eigenvalue weighted by Crippen LogP contribution is -2.49. The minimum Gasteiger partial charge on any atom is -0.337 e. The number of anilines is 3. The minimum atomic E-state index is -0.0672. The number of hydrogen-bond acceptors (Lipinski definition) is 7. The lowest BCUT2D eigenvalue weighted by atomic mass is 10.2. The van der Waals surface area contributed by atoms with Crippen molar-refractivity contribution in [3.8, 4) is 5.69 Å². The van der Waals surface area contributed by atoms with E-state index in [1.54, 1.807) is 9.58 Å². The van der Waals surface area contributed by atoms with Gasteiger partial charge in [-0.15, -0.1) is 0 Å². The first-order chi connectivity index (χ1) is 16.2. The molecule has 0 saturated carbocycles. The fourth-order valence-electron chi connectivity index (χ4n) is 4.30. The van der Waals surface area contributed by atoms with Crippen molar-refractivity contribution < 1.29 is 9.59 Å². The number of aromatic nitrogens is 4. The number of para-hydroxylation sites is 1. The Morgan fingerprint density at radius 3 is 2.48 bits per heavy atom. The third kappa shape index (κ3) is 4.70. The topological polar surface area (TPSA) is 99.5 Å². The fourth-order valence-corrected chi connectivity index (χ4v) is 4.30. The first-order valence-corrected chi connectivity index (χ1v) is 11.2. The molecular weight excluding hydrogens is 420 g/mol. The highest BCUT2D eigenvalue weighted by Crippen LogP contribution is 2.24. The molecule has 2 saturated heterocycles. The molecule has 2 aliphatic rings. The number of carbonyl (C=O) groups is 2. The molecule has 2 amide bonds. The molecule has 0 spiro atoms. The van der Waals surface area contributed by atoms with Gasteiger partial charge in [0.1, 0.15) is 0 Å². The number of nitrogens with zero attached hydrogens (tertiary/aromatic N) is 7. The molecule has 3 heterocycles. The summed E-state index contributed by atoms with van der Waals surface area (Å²) in [5.41, 5.74) is 2.45. The molecule has 0 atom stereocenters. The summed E-state index contributed by atoms with van der Waals surface area (Å²) in [6.45, 7) is 3.97. The summed E-state index contributed by atoms with van der Waals surface area (Å²) >= 11 is 0. The fraction of sp³-hybridized carbons (Fsp3) is 0.348. The van der Waals surface area contributed by atoms with Crippen LogP contribution in [-0.2, 0) is 9.59 Å². The van der Waals surface area contributed by atoms with Gasteiger partial charge in [-0.3, -0.25) is 14.5 Å². The number of piperazine rings is 1. The molecule has 10 nitrogen and oxygen atoms in total. The first kappa shape index (κ1) is 21.1. The highest BCUT2D eigenvalue weighted by atomic mass is 16.2. The van der Waals surface area contributed by atoms with Crippen LogP contribution in [-0.4, -0.2) is 76.2 Å². The number of carbonyl (C=O) groups excluding carboxylic acids is 2. The van der Waals surface area contributed by atoms with E-state index in [9.17, 15) is 9.59 Å². The van der Waals surface area contributed by atoms with Gasteiger partial charge in [-0.05, 0) is 47.2 Å². The van der Waals surface area contributed by atoms with Gasteiger partial charge in [0.25, 0.3) is 0 Å². The van der Waals surface area contributed by atoms with Crippen LogP contribution in [0.25, 0.3) is 5.69 Å². The van der Waals surface area contributed by atoms with E-state index in [0.717, 1.165) is 50.5 Å². The minimum absolute atomic E-state index is 0.0672.